The van der Waals surface area contributed by atoms with Gasteiger partial charge in [0.1, 0.15) is 11.5 Å². The van der Waals surface area contributed by atoms with Gasteiger partial charge in [0, 0.05) is 54.1 Å². The molecular weight excluding hydrogens is 462 g/mol. The number of rotatable bonds is 6. The summed E-state index contributed by atoms with van der Waals surface area (Å²) in [5, 5.41) is 9.39. The van der Waals surface area contributed by atoms with Gasteiger partial charge in [-0.25, -0.2) is 15.0 Å². The highest BCUT2D eigenvalue weighted by molar-refractivity contribution is 5.94. The number of aliphatic imine (C=N–C) groups is 1. The van der Waals surface area contributed by atoms with Crippen molar-refractivity contribution in [2.24, 2.45) is 10.7 Å². The summed E-state index contributed by atoms with van der Waals surface area (Å²) >= 11 is 0. The van der Waals surface area contributed by atoms with E-state index in [4.69, 9.17) is 15.7 Å². The van der Waals surface area contributed by atoms with Gasteiger partial charge in [-0.05, 0) is 43.7 Å². The summed E-state index contributed by atoms with van der Waals surface area (Å²) in [5.41, 5.74) is 11.5. The molecule has 0 spiro atoms. The Bertz CT molecular complexity index is 1650. The lowest BCUT2D eigenvalue weighted by Crippen LogP contribution is -2.57. The molecule has 4 aromatic heterocycles. The monoisotopic (exact) mass is 491 g/mol. The largest absolute Gasteiger partial charge is 0.353 e. The average molecular weight is 492 g/mol. The van der Waals surface area contributed by atoms with Crippen LogP contribution in [-0.2, 0) is 0 Å². The number of imidazole rings is 1. The molecule has 5 rings (SSSR count). The Balaban J connectivity index is 1.57. The van der Waals surface area contributed by atoms with E-state index in [0.717, 1.165) is 57.4 Å². The van der Waals surface area contributed by atoms with Crippen LogP contribution < -0.4 is 16.3 Å². The second-order valence-corrected chi connectivity index (χ2v) is 8.76. The molecule has 1 aliphatic rings. The summed E-state index contributed by atoms with van der Waals surface area (Å²) in [6, 6.07) is 6.03. The van der Waals surface area contributed by atoms with E-state index in [2.05, 4.69) is 43.2 Å². The molecule has 0 saturated carbocycles. The van der Waals surface area contributed by atoms with Crippen molar-refractivity contribution in [3.05, 3.63) is 83.9 Å². The predicted molar refractivity (Wildman–Crippen MR) is 149 cm³/mol. The molecule has 0 bridgehead atoms. The molecule has 0 radical (unpaired) electrons. The van der Waals surface area contributed by atoms with Gasteiger partial charge in [-0.15, -0.1) is 0 Å². The Labute approximate surface area is 214 Å². The van der Waals surface area contributed by atoms with E-state index < -0.39 is 0 Å². The fraction of sp³-hybridized carbons (Fsp3) is 0.179. The second-order valence-electron chi connectivity index (χ2n) is 8.76. The first-order chi connectivity index (χ1) is 18.0. The van der Waals surface area contributed by atoms with Crippen LogP contribution in [0.4, 0.5) is 0 Å². The fourth-order valence-electron chi connectivity index (χ4n) is 4.34. The molecule has 0 unspecified atom stereocenters. The summed E-state index contributed by atoms with van der Waals surface area (Å²) in [6.07, 6.45) is 12.9. The maximum absolute atomic E-state index is 5.95. The van der Waals surface area contributed by atoms with Crippen LogP contribution in [0.1, 0.15) is 13.8 Å². The molecule has 0 amide bonds. The van der Waals surface area contributed by atoms with E-state index in [0.29, 0.717) is 17.2 Å². The highest BCUT2D eigenvalue weighted by Crippen LogP contribution is 2.26. The van der Waals surface area contributed by atoms with Crippen LogP contribution in [-0.4, -0.2) is 60.0 Å². The Morgan fingerprint density at radius 2 is 2.08 bits per heavy atom. The van der Waals surface area contributed by atoms with Gasteiger partial charge in [0.2, 0.25) is 0 Å². The summed E-state index contributed by atoms with van der Waals surface area (Å²) in [6.45, 7) is 13.6. The first-order valence-corrected chi connectivity index (χ1v) is 12.1. The lowest BCUT2D eigenvalue weighted by molar-refractivity contribution is 0.255. The molecule has 37 heavy (non-hydrogen) atoms. The Kier molecular flexibility index (Phi) is 6.61. The van der Waals surface area contributed by atoms with E-state index >= 15 is 0 Å². The van der Waals surface area contributed by atoms with Crippen LogP contribution in [0.2, 0.25) is 0 Å². The summed E-state index contributed by atoms with van der Waals surface area (Å²) < 4.78 is 0. The van der Waals surface area contributed by atoms with Crippen LogP contribution in [0.5, 0.6) is 0 Å². The van der Waals surface area contributed by atoms with Gasteiger partial charge < -0.3 is 15.6 Å². The molecule has 5 heterocycles. The van der Waals surface area contributed by atoms with Crippen LogP contribution in [0.3, 0.4) is 0 Å². The minimum Gasteiger partial charge on any atom is -0.353 e. The van der Waals surface area contributed by atoms with Crippen LogP contribution in [0, 0.1) is 0 Å². The van der Waals surface area contributed by atoms with Crippen molar-refractivity contribution in [1.82, 2.24) is 35.0 Å². The molecule has 0 aliphatic carbocycles. The summed E-state index contributed by atoms with van der Waals surface area (Å²) in [7, 11) is 0. The fourth-order valence-corrected chi connectivity index (χ4v) is 4.34. The zero-order valence-electron chi connectivity index (χ0n) is 20.9. The quantitative estimate of drug-likeness (QED) is 0.216. The van der Waals surface area contributed by atoms with Gasteiger partial charge in [-0.2, -0.15) is 5.10 Å². The zero-order valence-corrected chi connectivity index (χ0v) is 20.9. The number of likely N-dealkylation sites (tertiary alicyclic amines) is 1. The number of aromatic nitrogens is 6. The van der Waals surface area contributed by atoms with Gasteiger partial charge in [0.15, 0.2) is 11.5 Å². The summed E-state index contributed by atoms with van der Waals surface area (Å²) in [5.74, 6) is 1.39. The van der Waals surface area contributed by atoms with Crippen LogP contribution in [0.15, 0.2) is 78.4 Å². The Morgan fingerprint density at radius 3 is 2.76 bits per heavy atom. The van der Waals surface area contributed by atoms with Crippen LogP contribution in [0.25, 0.3) is 46.0 Å². The van der Waals surface area contributed by atoms with Crippen molar-refractivity contribution < 1.29 is 0 Å². The zero-order chi connectivity index (χ0) is 25.9. The number of H-pyrrole nitrogens is 2. The maximum atomic E-state index is 5.95. The Morgan fingerprint density at radius 1 is 1.24 bits per heavy atom. The lowest BCUT2D eigenvalue weighted by Gasteiger charge is -2.38. The number of fused-ring (bicyclic) bond motifs is 1. The van der Waals surface area contributed by atoms with Gasteiger partial charge >= 0.3 is 0 Å². The van der Waals surface area contributed by atoms with Crippen molar-refractivity contribution in [2.75, 3.05) is 13.1 Å². The second kappa shape index (κ2) is 10.2. The standard InChI is InChI=1S/C28H29N9/c1-5-22(32-24(7-3)37-15-19(29)16-37)17(4)13-21-23(6-2)35-36-26(21)28-33-25-20(10-12-31-27(25)34-28)18-9-8-11-30-14-18/h5-14,19,35H,3-4,15-16,29H2,1-2H3,(H,31,33,34)/b21-13+,22-5-,23-6+,32-24?. The Hall–Kier alpha value is -4.63. The minimum atomic E-state index is 0.169. The van der Waals surface area contributed by atoms with Crippen molar-refractivity contribution in [1.29, 1.82) is 0 Å². The summed E-state index contributed by atoms with van der Waals surface area (Å²) in [4.78, 5) is 23.8. The third-order valence-corrected chi connectivity index (χ3v) is 6.28. The van der Waals surface area contributed by atoms with Gasteiger partial charge in [-0.3, -0.25) is 10.1 Å². The van der Waals surface area contributed by atoms with E-state index in [1.807, 2.05) is 56.5 Å². The first kappa shape index (κ1) is 24.1. The predicted octanol–water partition coefficient (Wildman–Crippen LogP) is 2.68. The molecule has 1 aliphatic heterocycles. The maximum Gasteiger partial charge on any atom is 0.178 e. The van der Waals surface area contributed by atoms with Crippen LogP contribution >= 0.6 is 0 Å². The number of pyridine rings is 2. The molecule has 0 aromatic carbocycles. The van der Waals surface area contributed by atoms with Crippen molar-refractivity contribution in [2.45, 2.75) is 19.9 Å². The topological polar surface area (TPSA) is 125 Å². The van der Waals surface area contributed by atoms with Crippen molar-refractivity contribution >= 4 is 29.2 Å². The lowest BCUT2D eigenvalue weighted by atomic mass is 10.1. The highest BCUT2D eigenvalue weighted by atomic mass is 15.3. The van der Waals surface area contributed by atoms with E-state index in [-0.39, 0.29) is 6.04 Å². The number of nitrogens with zero attached hydrogens (tertiary/aromatic N) is 6. The first-order valence-electron chi connectivity index (χ1n) is 12.1. The number of aromatic amines is 2. The highest BCUT2D eigenvalue weighted by Gasteiger charge is 2.24. The SMILES string of the molecule is C=CC(=N/C(=C\C)C(=C)/C=c1/c(-c2nc3nccc(-c4cccnc4)c3[nH]2)n[nH]/c1=C/C)N1CC(N)C1. The molecule has 0 atom stereocenters. The smallest absolute Gasteiger partial charge is 0.178 e. The average Bonchev–Trinajstić information content (AvgIpc) is 3.52. The molecule has 4 aromatic rings. The number of amidine groups is 1. The normalized spacial score (nSPS) is 15.9. The molecular formula is C28H29N9. The number of nitrogens with two attached hydrogens (primary N) is 1. The molecule has 9 nitrogen and oxygen atoms in total. The minimum absolute atomic E-state index is 0.169. The third-order valence-electron chi connectivity index (χ3n) is 6.28. The van der Waals surface area contributed by atoms with Crippen molar-refractivity contribution in [3.63, 3.8) is 0 Å². The van der Waals surface area contributed by atoms with Gasteiger partial charge in [0.25, 0.3) is 0 Å². The third kappa shape index (κ3) is 4.64. The number of hydrogen-bond acceptors (Lipinski definition) is 6. The molecule has 9 heteroatoms. The van der Waals surface area contributed by atoms with E-state index in [1.165, 1.54) is 0 Å². The van der Waals surface area contributed by atoms with Gasteiger partial charge in [-0.1, -0.05) is 31.4 Å². The van der Waals surface area contributed by atoms with E-state index in [1.54, 1.807) is 18.5 Å². The molecule has 186 valence electrons. The molecule has 4 N–H and O–H groups in total. The molecule has 1 fully saturated rings. The van der Waals surface area contributed by atoms with E-state index in [9.17, 15) is 0 Å². The van der Waals surface area contributed by atoms with Gasteiger partial charge in [0.05, 0.1) is 16.6 Å². The number of allylic oxidation sites excluding steroid dienone is 2. The van der Waals surface area contributed by atoms with Crippen molar-refractivity contribution in [3.8, 4) is 22.6 Å². The number of nitrogens with one attached hydrogen (secondary N) is 2. The molecule has 1 saturated heterocycles. The number of hydrogen-bond donors (Lipinski definition) is 3.